The second-order valence-corrected chi connectivity index (χ2v) is 7.40. The van der Waals surface area contributed by atoms with Gasteiger partial charge < -0.3 is 10.6 Å². The first-order chi connectivity index (χ1) is 16.3. The lowest BCUT2D eigenvalue weighted by molar-refractivity contribution is 0.0693. The maximum absolute atomic E-state index is 12.8. The van der Waals surface area contributed by atoms with Gasteiger partial charge in [-0.25, -0.2) is 0 Å². The molecule has 4 rings (SSSR count). The van der Waals surface area contributed by atoms with Gasteiger partial charge in [0, 0.05) is 23.9 Å². The van der Waals surface area contributed by atoms with Crippen molar-refractivity contribution in [1.29, 1.82) is 10.5 Å². The number of nitrogens with one attached hydrogen (secondary N) is 2. The van der Waals surface area contributed by atoms with Crippen molar-refractivity contribution in [3.63, 3.8) is 0 Å². The number of nitrogens with zero attached hydrogens (tertiary/aromatic N) is 3. The number of fused-ring (bicyclic) bond motifs is 1. The van der Waals surface area contributed by atoms with Crippen molar-refractivity contribution in [2.75, 3.05) is 17.7 Å². The van der Waals surface area contributed by atoms with Gasteiger partial charge in [0.1, 0.15) is 0 Å². The van der Waals surface area contributed by atoms with E-state index in [0.29, 0.717) is 11.1 Å². The van der Waals surface area contributed by atoms with Gasteiger partial charge in [-0.3, -0.25) is 24.1 Å². The molecule has 4 amide bonds. The van der Waals surface area contributed by atoms with E-state index < -0.39 is 23.6 Å². The number of amides is 4. The zero-order valence-corrected chi connectivity index (χ0v) is 17.7. The molecule has 0 saturated carbocycles. The first-order valence-electron chi connectivity index (χ1n) is 9.96. The standard InChI is InChI=1S/C25H15N5O4/c1-30-24(33)19-10-18(28-22(31)16-6-2-14(12-26)3-7-16)11-20(21(19)25(30)34)29-23(32)17-8-4-15(13-27)5-9-17/h2-11H,1H3,(H,28,31)(H,29,32). The number of hydrogen-bond acceptors (Lipinski definition) is 6. The third-order valence-electron chi connectivity index (χ3n) is 5.25. The van der Waals surface area contributed by atoms with Crippen LogP contribution in [0.15, 0.2) is 60.7 Å². The van der Waals surface area contributed by atoms with Crippen LogP contribution in [0.2, 0.25) is 0 Å². The molecule has 0 fully saturated rings. The van der Waals surface area contributed by atoms with E-state index in [2.05, 4.69) is 10.6 Å². The molecular weight excluding hydrogens is 434 g/mol. The molecule has 3 aromatic carbocycles. The largest absolute Gasteiger partial charge is 0.322 e. The van der Waals surface area contributed by atoms with Crippen molar-refractivity contribution >= 4 is 35.0 Å². The normalized spacial score (nSPS) is 11.9. The molecule has 0 aliphatic carbocycles. The molecule has 164 valence electrons. The van der Waals surface area contributed by atoms with Crippen molar-refractivity contribution in [1.82, 2.24) is 4.90 Å². The predicted molar refractivity (Wildman–Crippen MR) is 121 cm³/mol. The lowest BCUT2D eigenvalue weighted by Crippen LogP contribution is -2.24. The fourth-order valence-corrected chi connectivity index (χ4v) is 3.44. The Morgan fingerprint density at radius 2 is 1.26 bits per heavy atom. The summed E-state index contributed by atoms with van der Waals surface area (Å²) in [6.45, 7) is 0. The lowest BCUT2D eigenvalue weighted by atomic mass is 10.0. The topological polar surface area (TPSA) is 143 Å². The van der Waals surface area contributed by atoms with Crippen LogP contribution in [0.25, 0.3) is 0 Å². The van der Waals surface area contributed by atoms with Crippen molar-refractivity contribution in [2.24, 2.45) is 0 Å². The molecule has 0 radical (unpaired) electrons. The summed E-state index contributed by atoms with van der Waals surface area (Å²) in [5.74, 6) is -2.21. The number of imide groups is 1. The van der Waals surface area contributed by atoms with E-state index in [0.717, 1.165) is 4.90 Å². The molecule has 9 heteroatoms. The SMILES string of the molecule is CN1C(=O)c2cc(NC(=O)c3ccc(C#N)cc3)cc(NC(=O)c3ccc(C#N)cc3)c2C1=O. The monoisotopic (exact) mass is 449 g/mol. The van der Waals surface area contributed by atoms with Gasteiger partial charge in [0.2, 0.25) is 0 Å². The zero-order valence-electron chi connectivity index (χ0n) is 17.7. The van der Waals surface area contributed by atoms with E-state index in [-0.39, 0.29) is 33.6 Å². The molecular formula is C25H15N5O4. The number of hydrogen-bond donors (Lipinski definition) is 2. The summed E-state index contributed by atoms with van der Waals surface area (Å²) < 4.78 is 0. The fourth-order valence-electron chi connectivity index (χ4n) is 3.44. The molecule has 34 heavy (non-hydrogen) atoms. The first-order valence-corrected chi connectivity index (χ1v) is 9.96. The average Bonchev–Trinajstić information content (AvgIpc) is 3.08. The van der Waals surface area contributed by atoms with Crippen molar-refractivity contribution in [3.05, 3.63) is 94.0 Å². The maximum Gasteiger partial charge on any atom is 0.263 e. The number of rotatable bonds is 4. The molecule has 3 aromatic rings. The lowest BCUT2D eigenvalue weighted by Gasteiger charge is -2.13. The van der Waals surface area contributed by atoms with Gasteiger partial charge in [0.25, 0.3) is 23.6 Å². The molecule has 2 N–H and O–H groups in total. The molecule has 1 aliphatic rings. The number of benzene rings is 3. The highest BCUT2D eigenvalue weighted by molar-refractivity contribution is 6.25. The Balaban J connectivity index is 1.68. The van der Waals surface area contributed by atoms with Gasteiger partial charge in [-0.1, -0.05) is 0 Å². The molecule has 0 spiro atoms. The fraction of sp³-hybridized carbons (Fsp3) is 0.0400. The highest BCUT2D eigenvalue weighted by atomic mass is 16.2. The first kappa shape index (κ1) is 21.9. The zero-order chi connectivity index (χ0) is 24.4. The van der Waals surface area contributed by atoms with Crippen LogP contribution in [0.1, 0.15) is 52.6 Å². The van der Waals surface area contributed by atoms with Crippen LogP contribution in [-0.4, -0.2) is 35.6 Å². The Labute approximate surface area is 193 Å². The van der Waals surface area contributed by atoms with Crippen LogP contribution < -0.4 is 10.6 Å². The molecule has 0 saturated heterocycles. The van der Waals surface area contributed by atoms with Gasteiger partial charge in [-0.15, -0.1) is 0 Å². The van der Waals surface area contributed by atoms with Crippen LogP contribution in [0, 0.1) is 22.7 Å². The van der Waals surface area contributed by atoms with E-state index in [1.54, 1.807) is 0 Å². The summed E-state index contributed by atoms with van der Waals surface area (Å²) >= 11 is 0. The summed E-state index contributed by atoms with van der Waals surface area (Å²) in [5, 5.41) is 23.1. The van der Waals surface area contributed by atoms with E-state index in [1.807, 2.05) is 12.1 Å². The molecule has 9 nitrogen and oxygen atoms in total. The number of nitriles is 2. The molecule has 0 unspecified atom stereocenters. The van der Waals surface area contributed by atoms with Gasteiger partial charge in [0.05, 0.1) is 40.1 Å². The second-order valence-electron chi connectivity index (χ2n) is 7.40. The Morgan fingerprint density at radius 1 is 0.765 bits per heavy atom. The number of anilines is 2. The molecule has 0 aromatic heterocycles. The van der Waals surface area contributed by atoms with Crippen molar-refractivity contribution in [3.8, 4) is 12.1 Å². The summed E-state index contributed by atoms with van der Waals surface area (Å²) in [5.41, 5.74) is 1.61. The number of carbonyl (C=O) groups is 4. The predicted octanol–water partition coefficient (Wildman–Crippen LogP) is 3.16. The molecule has 1 aliphatic heterocycles. The van der Waals surface area contributed by atoms with E-state index in [9.17, 15) is 19.2 Å². The van der Waals surface area contributed by atoms with Crippen LogP contribution in [0.5, 0.6) is 0 Å². The van der Waals surface area contributed by atoms with Crippen LogP contribution in [0.4, 0.5) is 11.4 Å². The summed E-state index contributed by atoms with van der Waals surface area (Å²) in [4.78, 5) is 51.6. The minimum atomic E-state index is -0.583. The average molecular weight is 449 g/mol. The Hall–Kier alpha value is -5.28. The molecule has 0 bridgehead atoms. The summed E-state index contributed by atoms with van der Waals surface area (Å²) in [7, 11) is 1.33. The van der Waals surface area contributed by atoms with Crippen molar-refractivity contribution < 1.29 is 19.2 Å². The number of carbonyl (C=O) groups excluding carboxylic acids is 4. The quantitative estimate of drug-likeness (QED) is 0.586. The Kier molecular flexibility index (Phi) is 5.61. The smallest absolute Gasteiger partial charge is 0.263 e. The maximum atomic E-state index is 12.8. The Morgan fingerprint density at radius 3 is 1.76 bits per heavy atom. The van der Waals surface area contributed by atoms with Gasteiger partial charge in [0.15, 0.2) is 0 Å². The van der Waals surface area contributed by atoms with E-state index in [1.165, 1.54) is 67.7 Å². The van der Waals surface area contributed by atoms with Gasteiger partial charge in [-0.2, -0.15) is 10.5 Å². The Bertz CT molecular complexity index is 1440. The highest BCUT2D eigenvalue weighted by Gasteiger charge is 2.36. The minimum absolute atomic E-state index is 0.0193. The van der Waals surface area contributed by atoms with Crippen molar-refractivity contribution in [2.45, 2.75) is 0 Å². The van der Waals surface area contributed by atoms with Crippen LogP contribution in [-0.2, 0) is 0 Å². The van der Waals surface area contributed by atoms with Crippen LogP contribution >= 0.6 is 0 Å². The van der Waals surface area contributed by atoms with Gasteiger partial charge in [-0.05, 0) is 60.7 Å². The second kappa shape index (κ2) is 8.69. The summed E-state index contributed by atoms with van der Waals surface area (Å²) in [6, 6.07) is 18.5. The summed E-state index contributed by atoms with van der Waals surface area (Å²) in [6.07, 6.45) is 0. The minimum Gasteiger partial charge on any atom is -0.322 e. The molecule has 0 atom stereocenters. The third kappa shape index (κ3) is 3.97. The van der Waals surface area contributed by atoms with Crippen LogP contribution in [0.3, 0.4) is 0 Å². The third-order valence-corrected chi connectivity index (χ3v) is 5.25. The molecule has 1 heterocycles. The highest BCUT2D eigenvalue weighted by Crippen LogP contribution is 2.33. The van der Waals surface area contributed by atoms with E-state index in [4.69, 9.17) is 10.5 Å². The van der Waals surface area contributed by atoms with Gasteiger partial charge >= 0.3 is 0 Å². The van der Waals surface area contributed by atoms with E-state index >= 15 is 0 Å².